The minimum Gasteiger partial charge on any atom is -0.351 e. The quantitative estimate of drug-likeness (QED) is 0.445. The first-order valence-electron chi connectivity index (χ1n) is 7.77. The fraction of sp³-hybridized carbons (Fsp3) is 0.235. The highest BCUT2D eigenvalue weighted by Crippen LogP contribution is 2.23. The summed E-state index contributed by atoms with van der Waals surface area (Å²) in [6.07, 6.45) is 3.11. The number of hydrazine groups is 1. The van der Waals surface area contributed by atoms with E-state index in [0.29, 0.717) is 12.2 Å². The molecule has 138 valence electrons. The molecule has 2 rings (SSSR count). The predicted molar refractivity (Wildman–Crippen MR) is 105 cm³/mol. The van der Waals surface area contributed by atoms with E-state index in [4.69, 9.17) is 0 Å². The van der Waals surface area contributed by atoms with E-state index in [2.05, 4.69) is 21.2 Å². The lowest BCUT2D eigenvalue weighted by Crippen LogP contribution is -2.42. The Labute approximate surface area is 164 Å². The number of hydrogen-bond acceptors (Lipinski definition) is 5. The Morgan fingerprint density at radius 1 is 1.19 bits per heavy atom. The maximum Gasteiger partial charge on any atom is 0.271 e. The second-order valence-corrected chi connectivity index (χ2v) is 6.97. The van der Waals surface area contributed by atoms with E-state index in [1.807, 2.05) is 41.6 Å². The molecule has 7 nitrogen and oxygen atoms in total. The van der Waals surface area contributed by atoms with Gasteiger partial charge < -0.3 is 10.2 Å². The maximum atomic E-state index is 14.0. The summed E-state index contributed by atoms with van der Waals surface area (Å²) in [6.45, 7) is 0.565. The van der Waals surface area contributed by atoms with E-state index >= 15 is 0 Å². The van der Waals surface area contributed by atoms with Crippen LogP contribution in [0.3, 0.4) is 0 Å². The Balaban J connectivity index is 2.05. The number of pyridine rings is 1. The summed E-state index contributed by atoms with van der Waals surface area (Å²) in [5.74, 6) is -1.28. The fourth-order valence-corrected chi connectivity index (χ4v) is 2.46. The van der Waals surface area contributed by atoms with Crippen molar-refractivity contribution in [2.75, 3.05) is 26.0 Å². The number of anilines is 2. The summed E-state index contributed by atoms with van der Waals surface area (Å²) in [7, 11) is 3.70. The molecule has 2 amide bonds. The SMILES string of the molecule is CN(C)CCC(=O)NNC(=O)c1ccncc1Nc1ccc(I)cc1F. The Kier molecular flexibility index (Phi) is 7.27. The molecule has 3 N–H and O–H groups in total. The van der Waals surface area contributed by atoms with Crippen LogP contribution in [-0.2, 0) is 4.79 Å². The molecule has 0 fully saturated rings. The second-order valence-electron chi connectivity index (χ2n) is 5.73. The zero-order valence-electron chi connectivity index (χ0n) is 14.3. The van der Waals surface area contributed by atoms with Crippen LogP contribution in [-0.4, -0.2) is 42.3 Å². The van der Waals surface area contributed by atoms with Crippen LogP contribution in [0.2, 0.25) is 0 Å². The van der Waals surface area contributed by atoms with Crippen LogP contribution in [0.5, 0.6) is 0 Å². The highest BCUT2D eigenvalue weighted by atomic mass is 127. The molecule has 0 aliphatic rings. The van der Waals surface area contributed by atoms with Crippen LogP contribution in [0.4, 0.5) is 15.8 Å². The lowest BCUT2D eigenvalue weighted by molar-refractivity contribution is -0.122. The molecule has 26 heavy (non-hydrogen) atoms. The van der Waals surface area contributed by atoms with Crippen molar-refractivity contribution in [3.63, 3.8) is 0 Å². The predicted octanol–water partition coefficient (Wildman–Crippen LogP) is 2.28. The molecular formula is C17H19FIN5O2. The third kappa shape index (κ3) is 5.92. The van der Waals surface area contributed by atoms with E-state index < -0.39 is 11.7 Å². The van der Waals surface area contributed by atoms with Crippen LogP contribution in [0, 0.1) is 9.39 Å². The summed E-state index contributed by atoms with van der Waals surface area (Å²) in [5, 5.41) is 2.86. The summed E-state index contributed by atoms with van der Waals surface area (Å²) < 4.78 is 14.8. The van der Waals surface area contributed by atoms with Crippen molar-refractivity contribution in [3.05, 3.63) is 51.6 Å². The lowest BCUT2D eigenvalue weighted by atomic mass is 10.2. The van der Waals surface area contributed by atoms with Crippen molar-refractivity contribution in [1.29, 1.82) is 0 Å². The molecular weight excluding hydrogens is 452 g/mol. The van der Waals surface area contributed by atoms with Crippen molar-refractivity contribution in [2.45, 2.75) is 6.42 Å². The third-order valence-corrected chi connectivity index (χ3v) is 4.04. The van der Waals surface area contributed by atoms with Crippen LogP contribution in [0.1, 0.15) is 16.8 Å². The molecule has 1 heterocycles. The second kappa shape index (κ2) is 9.43. The smallest absolute Gasteiger partial charge is 0.271 e. The molecule has 0 atom stereocenters. The van der Waals surface area contributed by atoms with E-state index in [1.165, 1.54) is 24.5 Å². The number of hydrogen-bond donors (Lipinski definition) is 3. The summed E-state index contributed by atoms with van der Waals surface area (Å²) in [6, 6.07) is 6.18. The van der Waals surface area contributed by atoms with Crippen LogP contribution < -0.4 is 16.2 Å². The highest BCUT2D eigenvalue weighted by molar-refractivity contribution is 14.1. The van der Waals surface area contributed by atoms with Crippen LogP contribution >= 0.6 is 22.6 Å². The van der Waals surface area contributed by atoms with Gasteiger partial charge in [0, 0.05) is 22.7 Å². The monoisotopic (exact) mass is 471 g/mol. The molecule has 0 aliphatic heterocycles. The topological polar surface area (TPSA) is 86.4 Å². The summed E-state index contributed by atoms with van der Waals surface area (Å²) in [5.41, 5.74) is 5.49. The Morgan fingerprint density at radius 3 is 2.65 bits per heavy atom. The molecule has 0 bridgehead atoms. The molecule has 0 saturated carbocycles. The molecule has 9 heteroatoms. The molecule has 0 spiro atoms. The average molecular weight is 471 g/mol. The zero-order valence-corrected chi connectivity index (χ0v) is 16.5. The first-order chi connectivity index (χ1) is 12.4. The number of aromatic nitrogens is 1. The number of nitrogens with one attached hydrogen (secondary N) is 3. The van der Waals surface area contributed by atoms with Crippen molar-refractivity contribution in [3.8, 4) is 0 Å². The van der Waals surface area contributed by atoms with Gasteiger partial charge in [0.2, 0.25) is 5.91 Å². The summed E-state index contributed by atoms with van der Waals surface area (Å²) >= 11 is 2.01. The fourth-order valence-electron chi connectivity index (χ4n) is 2.01. The van der Waals surface area contributed by atoms with Gasteiger partial charge in [0.15, 0.2) is 0 Å². The van der Waals surface area contributed by atoms with Gasteiger partial charge in [-0.1, -0.05) is 0 Å². The average Bonchev–Trinajstić information content (AvgIpc) is 2.60. The van der Waals surface area contributed by atoms with Gasteiger partial charge in [0.1, 0.15) is 5.82 Å². The van der Waals surface area contributed by atoms with Gasteiger partial charge in [0.25, 0.3) is 5.91 Å². The third-order valence-electron chi connectivity index (χ3n) is 3.37. The molecule has 0 radical (unpaired) electrons. The first kappa shape index (κ1) is 20.0. The number of benzene rings is 1. The normalized spacial score (nSPS) is 10.5. The van der Waals surface area contributed by atoms with Gasteiger partial charge in [-0.3, -0.25) is 25.4 Å². The van der Waals surface area contributed by atoms with Crippen molar-refractivity contribution >= 4 is 45.8 Å². The lowest BCUT2D eigenvalue weighted by Gasteiger charge is -2.13. The summed E-state index contributed by atoms with van der Waals surface area (Å²) in [4.78, 5) is 29.9. The van der Waals surface area contributed by atoms with Crippen LogP contribution in [0.25, 0.3) is 0 Å². The van der Waals surface area contributed by atoms with E-state index in [9.17, 15) is 14.0 Å². The van der Waals surface area contributed by atoms with Gasteiger partial charge in [-0.25, -0.2) is 4.39 Å². The molecule has 0 saturated heterocycles. The first-order valence-corrected chi connectivity index (χ1v) is 8.84. The number of rotatable bonds is 6. The Morgan fingerprint density at radius 2 is 1.96 bits per heavy atom. The van der Waals surface area contributed by atoms with Crippen molar-refractivity contribution in [1.82, 2.24) is 20.7 Å². The largest absolute Gasteiger partial charge is 0.351 e. The van der Waals surface area contributed by atoms with Gasteiger partial charge >= 0.3 is 0 Å². The minimum atomic E-state index is -0.529. The molecule has 2 aromatic rings. The van der Waals surface area contributed by atoms with Crippen molar-refractivity contribution in [2.24, 2.45) is 0 Å². The minimum absolute atomic E-state index is 0.225. The zero-order chi connectivity index (χ0) is 19.1. The van der Waals surface area contributed by atoms with Gasteiger partial charge in [-0.15, -0.1) is 0 Å². The van der Waals surface area contributed by atoms with Crippen molar-refractivity contribution < 1.29 is 14.0 Å². The maximum absolute atomic E-state index is 14.0. The van der Waals surface area contributed by atoms with Gasteiger partial charge in [-0.05, 0) is 61.0 Å². The van der Waals surface area contributed by atoms with E-state index in [1.54, 1.807) is 12.1 Å². The molecule has 1 aromatic heterocycles. The number of nitrogens with zero attached hydrogens (tertiary/aromatic N) is 2. The Hall–Kier alpha value is -2.27. The van der Waals surface area contributed by atoms with E-state index in [0.717, 1.165) is 3.57 Å². The number of carbonyl (C=O) groups is 2. The number of halogens is 2. The highest BCUT2D eigenvalue weighted by Gasteiger charge is 2.14. The number of amides is 2. The molecule has 0 unspecified atom stereocenters. The standard InChI is InChI=1S/C17H19FIN5O2/c1-24(2)8-6-16(25)22-23-17(26)12-5-7-20-10-15(12)21-14-4-3-11(19)9-13(14)18/h3-5,7,9-10,21H,6,8H2,1-2H3,(H,22,25)(H,23,26). The Bertz CT molecular complexity index is 800. The number of carbonyl (C=O) groups excluding carboxylic acids is 2. The van der Waals surface area contributed by atoms with Gasteiger partial charge in [0.05, 0.1) is 23.1 Å². The van der Waals surface area contributed by atoms with Gasteiger partial charge in [-0.2, -0.15) is 0 Å². The van der Waals surface area contributed by atoms with E-state index in [-0.39, 0.29) is 23.6 Å². The molecule has 1 aromatic carbocycles. The molecule has 0 aliphatic carbocycles. The van der Waals surface area contributed by atoms with Crippen LogP contribution in [0.15, 0.2) is 36.7 Å².